The number of aryl methyl sites for hydroxylation is 1. The first-order valence-electron chi connectivity index (χ1n) is 9.45. The minimum Gasteiger partial charge on any atom is -0.308 e. The van der Waals surface area contributed by atoms with Gasteiger partial charge in [0.1, 0.15) is 5.66 Å². The van der Waals surface area contributed by atoms with Crippen LogP contribution in [-0.2, 0) is 30.1 Å². The minimum absolute atomic E-state index is 0.0903. The molecule has 0 aliphatic heterocycles. The Morgan fingerprint density at radius 1 is 1.07 bits per heavy atom. The third kappa shape index (κ3) is 7.03. The molecule has 2 aromatic rings. The highest BCUT2D eigenvalue weighted by Gasteiger charge is 2.34. The molecule has 0 bridgehead atoms. The van der Waals surface area contributed by atoms with E-state index in [-0.39, 0.29) is 18.1 Å². The number of nitrogens with zero attached hydrogens (tertiary/aromatic N) is 1. The zero-order chi connectivity index (χ0) is 22.2. The third-order valence-corrected chi connectivity index (χ3v) is 8.26. The third-order valence-electron chi connectivity index (χ3n) is 4.13. The van der Waals surface area contributed by atoms with Crippen molar-refractivity contribution in [2.24, 2.45) is 5.10 Å². The molecule has 0 aliphatic carbocycles. The van der Waals surface area contributed by atoms with Gasteiger partial charge < -0.3 is 9.05 Å². The fourth-order valence-electron chi connectivity index (χ4n) is 2.65. The fourth-order valence-corrected chi connectivity index (χ4v) is 5.56. The molecule has 1 atom stereocenters. The minimum atomic E-state index is -3.85. The van der Waals surface area contributed by atoms with Crippen LogP contribution in [-0.4, -0.2) is 33.5 Å². The number of hydrogen-bond donors (Lipinski definition) is 1. The highest BCUT2D eigenvalue weighted by molar-refractivity contribution is 9.10. The molecule has 164 valence electrons. The molecule has 2 rings (SSSR count). The SMILES string of the molecule is CCOP(=O)(OCC)C(/C=N/NS(=O)(=O)c1ccc(C)cc1)Cc1ccc(Br)cc1. The Morgan fingerprint density at radius 3 is 2.17 bits per heavy atom. The molecule has 30 heavy (non-hydrogen) atoms. The maximum atomic E-state index is 13.3. The van der Waals surface area contributed by atoms with Crippen molar-refractivity contribution in [3.63, 3.8) is 0 Å². The molecule has 0 saturated heterocycles. The van der Waals surface area contributed by atoms with Gasteiger partial charge in [-0.25, -0.2) is 4.83 Å². The molecular weight excluding hydrogens is 491 g/mol. The number of nitrogens with one attached hydrogen (secondary N) is 1. The van der Waals surface area contributed by atoms with Gasteiger partial charge in [-0.3, -0.25) is 4.57 Å². The van der Waals surface area contributed by atoms with Crippen LogP contribution in [0.25, 0.3) is 0 Å². The van der Waals surface area contributed by atoms with Crippen LogP contribution < -0.4 is 4.83 Å². The van der Waals surface area contributed by atoms with E-state index in [0.29, 0.717) is 6.42 Å². The average Bonchev–Trinajstić information content (AvgIpc) is 2.69. The number of benzene rings is 2. The molecule has 0 radical (unpaired) electrons. The lowest BCUT2D eigenvalue weighted by Crippen LogP contribution is -2.23. The van der Waals surface area contributed by atoms with Gasteiger partial charge in [-0.15, -0.1) is 0 Å². The van der Waals surface area contributed by atoms with Gasteiger partial charge in [0.2, 0.25) is 0 Å². The van der Waals surface area contributed by atoms with Crippen molar-refractivity contribution < 1.29 is 22.0 Å². The largest absolute Gasteiger partial charge is 0.339 e. The van der Waals surface area contributed by atoms with Crippen molar-refractivity contribution in [3.05, 3.63) is 64.1 Å². The first-order valence-corrected chi connectivity index (χ1v) is 13.3. The molecule has 10 heteroatoms. The van der Waals surface area contributed by atoms with E-state index in [9.17, 15) is 13.0 Å². The van der Waals surface area contributed by atoms with E-state index in [4.69, 9.17) is 9.05 Å². The highest BCUT2D eigenvalue weighted by Crippen LogP contribution is 2.53. The Kier molecular flexibility index (Phi) is 9.25. The Balaban J connectivity index is 2.27. The number of halogens is 1. The standard InChI is InChI=1S/C20H26BrN2O5PS/c1-4-27-29(24,28-5-2)19(14-17-8-10-18(21)11-9-17)15-22-23-30(25,26)20-12-6-16(3)7-13-20/h6-13,15,19,23H,4-5,14H2,1-3H3/b22-15+. The smallest absolute Gasteiger partial charge is 0.308 e. The molecule has 0 aromatic heterocycles. The Labute approximate surface area is 186 Å². The summed E-state index contributed by atoms with van der Waals surface area (Å²) in [5, 5.41) is 3.88. The van der Waals surface area contributed by atoms with Crippen molar-refractivity contribution >= 4 is 39.8 Å². The van der Waals surface area contributed by atoms with Crippen LogP contribution in [0.3, 0.4) is 0 Å². The summed E-state index contributed by atoms with van der Waals surface area (Å²) in [7, 11) is -7.41. The van der Waals surface area contributed by atoms with Crippen LogP contribution in [0.5, 0.6) is 0 Å². The molecule has 0 fully saturated rings. The predicted molar refractivity (Wildman–Crippen MR) is 122 cm³/mol. The van der Waals surface area contributed by atoms with Crippen molar-refractivity contribution in [1.82, 2.24) is 4.83 Å². The topological polar surface area (TPSA) is 94.1 Å². The summed E-state index contributed by atoms with van der Waals surface area (Å²) in [6.45, 7) is 5.70. The zero-order valence-corrected chi connectivity index (χ0v) is 20.4. The van der Waals surface area contributed by atoms with E-state index in [1.165, 1.54) is 18.3 Å². The highest BCUT2D eigenvalue weighted by atomic mass is 79.9. The first kappa shape index (κ1) is 24.8. The van der Waals surface area contributed by atoms with Crippen LogP contribution in [0.15, 0.2) is 63.0 Å². The van der Waals surface area contributed by atoms with Crippen LogP contribution >= 0.6 is 23.5 Å². The van der Waals surface area contributed by atoms with E-state index in [1.807, 2.05) is 31.2 Å². The lowest BCUT2D eigenvalue weighted by Gasteiger charge is -2.23. The summed E-state index contributed by atoms with van der Waals surface area (Å²) in [5.41, 5.74) is 1.07. The Bertz CT molecular complexity index is 985. The van der Waals surface area contributed by atoms with Crippen LogP contribution in [0, 0.1) is 6.92 Å². The summed E-state index contributed by atoms with van der Waals surface area (Å²) in [6.07, 6.45) is 1.60. The second-order valence-corrected chi connectivity index (χ2v) is 11.3. The van der Waals surface area contributed by atoms with Gasteiger partial charge in [-0.2, -0.15) is 13.5 Å². The molecule has 0 aliphatic rings. The molecule has 1 unspecified atom stereocenters. The van der Waals surface area contributed by atoms with E-state index >= 15 is 0 Å². The number of rotatable bonds is 11. The summed E-state index contributed by atoms with van der Waals surface area (Å²) in [5.74, 6) is 0. The van der Waals surface area contributed by atoms with E-state index < -0.39 is 23.3 Å². The summed E-state index contributed by atoms with van der Waals surface area (Å²) >= 11 is 3.38. The molecular formula is C20H26BrN2O5PS. The normalized spacial score (nSPS) is 13.5. The van der Waals surface area contributed by atoms with Crippen molar-refractivity contribution in [2.75, 3.05) is 13.2 Å². The van der Waals surface area contributed by atoms with Gasteiger partial charge in [-0.05, 0) is 57.0 Å². The van der Waals surface area contributed by atoms with Gasteiger partial charge >= 0.3 is 7.60 Å². The van der Waals surface area contributed by atoms with Gasteiger partial charge in [0.15, 0.2) is 0 Å². The van der Waals surface area contributed by atoms with Crippen LogP contribution in [0.4, 0.5) is 0 Å². The number of sulfonamides is 1. The lowest BCUT2D eigenvalue weighted by atomic mass is 10.1. The molecule has 0 amide bonds. The second kappa shape index (κ2) is 11.2. The van der Waals surface area contributed by atoms with E-state index in [0.717, 1.165) is 15.6 Å². The Morgan fingerprint density at radius 2 is 1.63 bits per heavy atom. The summed E-state index contributed by atoms with van der Waals surface area (Å²) in [4.78, 5) is 2.27. The zero-order valence-electron chi connectivity index (χ0n) is 17.1. The van der Waals surface area contributed by atoms with E-state index in [1.54, 1.807) is 26.0 Å². The molecule has 1 N–H and O–H groups in total. The fraction of sp³-hybridized carbons (Fsp3) is 0.350. The van der Waals surface area contributed by atoms with Crippen molar-refractivity contribution in [3.8, 4) is 0 Å². The Hall–Kier alpha value is -1.51. The molecule has 0 heterocycles. The van der Waals surface area contributed by atoms with Crippen molar-refractivity contribution in [1.29, 1.82) is 0 Å². The van der Waals surface area contributed by atoms with Crippen LogP contribution in [0.1, 0.15) is 25.0 Å². The van der Waals surface area contributed by atoms with Gasteiger partial charge in [-0.1, -0.05) is 45.8 Å². The molecule has 7 nitrogen and oxygen atoms in total. The average molecular weight is 517 g/mol. The quantitative estimate of drug-likeness (QED) is 0.260. The number of hydrazone groups is 1. The van der Waals surface area contributed by atoms with Gasteiger partial charge in [0, 0.05) is 10.7 Å². The maximum absolute atomic E-state index is 13.3. The maximum Gasteiger partial charge on any atom is 0.339 e. The number of hydrogen-bond acceptors (Lipinski definition) is 6. The molecule has 0 spiro atoms. The monoisotopic (exact) mass is 516 g/mol. The van der Waals surface area contributed by atoms with Gasteiger partial charge in [0.25, 0.3) is 10.0 Å². The summed E-state index contributed by atoms with van der Waals surface area (Å²) < 4.78 is 50.1. The summed E-state index contributed by atoms with van der Waals surface area (Å²) in [6, 6.07) is 13.9. The van der Waals surface area contributed by atoms with Crippen molar-refractivity contribution in [2.45, 2.75) is 37.7 Å². The van der Waals surface area contributed by atoms with Crippen LogP contribution in [0.2, 0.25) is 0 Å². The second-order valence-electron chi connectivity index (χ2n) is 6.46. The molecule has 2 aromatic carbocycles. The predicted octanol–water partition coefficient (Wildman–Crippen LogP) is 4.90. The van der Waals surface area contributed by atoms with Gasteiger partial charge in [0.05, 0.1) is 18.1 Å². The molecule has 0 saturated carbocycles. The lowest BCUT2D eigenvalue weighted by molar-refractivity contribution is 0.217. The van der Waals surface area contributed by atoms with E-state index in [2.05, 4.69) is 25.9 Å². The first-order chi connectivity index (χ1) is 14.2.